The van der Waals surface area contributed by atoms with Gasteiger partial charge in [-0.15, -0.1) is 0 Å². The Morgan fingerprint density at radius 2 is 0.923 bits per heavy atom. The molecule has 0 saturated carbocycles. The zero-order chi connectivity index (χ0) is 17.6. The van der Waals surface area contributed by atoms with E-state index in [0.29, 0.717) is 0 Å². The fourth-order valence-corrected chi connectivity index (χ4v) is 5.42. The molecule has 1 heteroatoms. The fraction of sp³-hybridized carbons (Fsp3) is 0.0400. The van der Waals surface area contributed by atoms with Gasteiger partial charge in [-0.1, -0.05) is 84.9 Å². The standard InChI is InChI=1S/C25H21S/c1-4-12-21(13-5-1)20-22-14-10-11-19-25(22)26(23-15-6-2-7-16-23)24-17-8-3-9-18-24/h1-19H,20H2/q+1. The molecule has 0 nitrogen and oxygen atoms in total. The highest BCUT2D eigenvalue weighted by atomic mass is 32.2. The first kappa shape index (κ1) is 16.7. The molecule has 0 unspecified atom stereocenters. The minimum Gasteiger partial charge on any atom is -0.0622 e. The van der Waals surface area contributed by atoms with Crippen molar-refractivity contribution in [2.75, 3.05) is 0 Å². The van der Waals surface area contributed by atoms with Gasteiger partial charge in [0.15, 0.2) is 14.7 Å². The van der Waals surface area contributed by atoms with Crippen LogP contribution in [0.15, 0.2) is 130 Å². The highest BCUT2D eigenvalue weighted by molar-refractivity contribution is 7.97. The number of hydrogen-bond acceptors (Lipinski definition) is 0. The molecular weight excluding hydrogens is 332 g/mol. The van der Waals surface area contributed by atoms with E-state index < -0.39 is 0 Å². The lowest BCUT2D eigenvalue weighted by Gasteiger charge is -2.12. The van der Waals surface area contributed by atoms with E-state index >= 15 is 0 Å². The second-order valence-electron chi connectivity index (χ2n) is 6.20. The minimum absolute atomic E-state index is 0.0998. The molecule has 0 aliphatic heterocycles. The van der Waals surface area contributed by atoms with Crippen LogP contribution in [0.3, 0.4) is 0 Å². The molecule has 0 amide bonds. The highest BCUT2D eigenvalue weighted by Gasteiger charge is 2.30. The predicted octanol–water partition coefficient (Wildman–Crippen LogP) is 6.37. The molecule has 0 heterocycles. The Kier molecular flexibility index (Phi) is 5.18. The molecular formula is C25H21S+. The maximum atomic E-state index is 2.29. The van der Waals surface area contributed by atoms with Crippen molar-refractivity contribution in [3.05, 3.63) is 126 Å². The summed E-state index contributed by atoms with van der Waals surface area (Å²) in [6.07, 6.45) is 0.959. The average molecular weight is 354 g/mol. The number of rotatable bonds is 5. The summed E-state index contributed by atoms with van der Waals surface area (Å²) in [7, 11) is -0.0998. The van der Waals surface area contributed by atoms with E-state index in [0.717, 1.165) is 6.42 Å². The van der Waals surface area contributed by atoms with Gasteiger partial charge in [-0.3, -0.25) is 0 Å². The molecule has 0 radical (unpaired) electrons. The molecule has 0 fully saturated rings. The quantitative estimate of drug-likeness (QED) is 0.366. The SMILES string of the molecule is c1ccc(Cc2ccccc2[S+](c2ccccc2)c2ccccc2)cc1. The van der Waals surface area contributed by atoms with Crippen LogP contribution in [0.5, 0.6) is 0 Å². The van der Waals surface area contributed by atoms with Gasteiger partial charge in [0, 0.05) is 12.0 Å². The third-order valence-corrected chi connectivity index (χ3v) is 6.71. The van der Waals surface area contributed by atoms with Crippen molar-refractivity contribution in [2.45, 2.75) is 21.1 Å². The lowest BCUT2D eigenvalue weighted by Crippen LogP contribution is -2.08. The first-order valence-corrected chi connectivity index (χ1v) is 10.1. The Balaban J connectivity index is 1.82. The predicted molar refractivity (Wildman–Crippen MR) is 111 cm³/mol. The third kappa shape index (κ3) is 3.74. The Morgan fingerprint density at radius 1 is 0.462 bits per heavy atom. The fourth-order valence-electron chi connectivity index (χ4n) is 3.17. The topological polar surface area (TPSA) is 0 Å². The second-order valence-corrected chi connectivity index (χ2v) is 8.20. The average Bonchev–Trinajstić information content (AvgIpc) is 2.72. The number of benzene rings is 4. The van der Waals surface area contributed by atoms with Crippen LogP contribution in [0.2, 0.25) is 0 Å². The van der Waals surface area contributed by atoms with E-state index in [1.54, 1.807) is 0 Å². The maximum Gasteiger partial charge on any atom is 0.170 e. The monoisotopic (exact) mass is 353 g/mol. The van der Waals surface area contributed by atoms with Gasteiger partial charge in [0.25, 0.3) is 0 Å². The Bertz CT molecular complexity index is 907. The zero-order valence-corrected chi connectivity index (χ0v) is 15.4. The van der Waals surface area contributed by atoms with Gasteiger partial charge in [-0.2, -0.15) is 0 Å². The van der Waals surface area contributed by atoms with Crippen LogP contribution in [0, 0.1) is 0 Å². The summed E-state index contributed by atoms with van der Waals surface area (Å²) >= 11 is 0. The summed E-state index contributed by atoms with van der Waals surface area (Å²) in [5, 5.41) is 0. The molecule has 0 saturated heterocycles. The van der Waals surface area contributed by atoms with Crippen molar-refractivity contribution in [1.82, 2.24) is 0 Å². The summed E-state index contributed by atoms with van der Waals surface area (Å²) < 4.78 is 0. The molecule has 0 aliphatic carbocycles. The summed E-state index contributed by atoms with van der Waals surface area (Å²) in [6, 6.07) is 41.3. The van der Waals surface area contributed by atoms with E-state index in [4.69, 9.17) is 0 Å². The molecule has 0 spiro atoms. The summed E-state index contributed by atoms with van der Waals surface area (Å²) in [5.41, 5.74) is 2.75. The zero-order valence-electron chi connectivity index (χ0n) is 14.6. The van der Waals surface area contributed by atoms with Gasteiger partial charge >= 0.3 is 0 Å². The third-order valence-electron chi connectivity index (χ3n) is 4.39. The van der Waals surface area contributed by atoms with Crippen molar-refractivity contribution in [1.29, 1.82) is 0 Å². The van der Waals surface area contributed by atoms with Crippen LogP contribution in [0.1, 0.15) is 11.1 Å². The molecule has 4 aromatic carbocycles. The Hall–Kier alpha value is -2.77. The molecule has 0 aromatic heterocycles. The van der Waals surface area contributed by atoms with E-state index in [1.807, 2.05) is 0 Å². The van der Waals surface area contributed by atoms with Crippen LogP contribution in [0.4, 0.5) is 0 Å². The van der Waals surface area contributed by atoms with Gasteiger partial charge in [-0.05, 0) is 35.9 Å². The van der Waals surface area contributed by atoms with Gasteiger partial charge in [0.2, 0.25) is 0 Å². The van der Waals surface area contributed by atoms with Crippen molar-refractivity contribution in [3.63, 3.8) is 0 Å². The number of hydrogen-bond donors (Lipinski definition) is 0. The molecule has 4 aromatic rings. The van der Waals surface area contributed by atoms with Crippen LogP contribution < -0.4 is 0 Å². The molecule has 0 bridgehead atoms. The lowest BCUT2D eigenvalue weighted by atomic mass is 10.1. The molecule has 0 N–H and O–H groups in total. The molecule has 4 rings (SSSR count). The normalized spacial score (nSPS) is 10.8. The van der Waals surface area contributed by atoms with Gasteiger partial charge in [-0.25, -0.2) is 0 Å². The lowest BCUT2D eigenvalue weighted by molar-refractivity contribution is 1.12. The van der Waals surface area contributed by atoms with E-state index in [2.05, 4.69) is 115 Å². The van der Waals surface area contributed by atoms with Crippen molar-refractivity contribution < 1.29 is 0 Å². The maximum absolute atomic E-state index is 2.29. The molecule has 126 valence electrons. The molecule has 0 aliphatic rings. The summed E-state index contributed by atoms with van der Waals surface area (Å²) in [6.45, 7) is 0. The Morgan fingerprint density at radius 3 is 1.50 bits per heavy atom. The summed E-state index contributed by atoms with van der Waals surface area (Å²) in [5.74, 6) is 0. The second kappa shape index (κ2) is 8.07. The smallest absolute Gasteiger partial charge is 0.0622 e. The first-order valence-electron chi connectivity index (χ1n) is 8.88. The van der Waals surface area contributed by atoms with E-state index in [1.165, 1.54) is 25.8 Å². The van der Waals surface area contributed by atoms with Gasteiger partial charge < -0.3 is 0 Å². The van der Waals surface area contributed by atoms with Crippen molar-refractivity contribution in [3.8, 4) is 0 Å². The molecule has 0 atom stereocenters. The van der Waals surface area contributed by atoms with Gasteiger partial charge in [0.1, 0.15) is 0 Å². The van der Waals surface area contributed by atoms with Crippen LogP contribution in [0.25, 0.3) is 0 Å². The van der Waals surface area contributed by atoms with Crippen LogP contribution in [-0.2, 0) is 17.3 Å². The minimum atomic E-state index is -0.0998. The van der Waals surface area contributed by atoms with Crippen molar-refractivity contribution in [2.24, 2.45) is 0 Å². The molecule has 26 heavy (non-hydrogen) atoms. The van der Waals surface area contributed by atoms with Gasteiger partial charge in [0.05, 0.1) is 10.9 Å². The van der Waals surface area contributed by atoms with E-state index in [9.17, 15) is 0 Å². The summed E-state index contributed by atoms with van der Waals surface area (Å²) in [4.78, 5) is 4.13. The van der Waals surface area contributed by atoms with Crippen LogP contribution >= 0.6 is 0 Å². The van der Waals surface area contributed by atoms with Crippen LogP contribution in [-0.4, -0.2) is 0 Å². The van der Waals surface area contributed by atoms with Crippen molar-refractivity contribution >= 4 is 10.9 Å². The largest absolute Gasteiger partial charge is 0.170 e. The van der Waals surface area contributed by atoms with E-state index in [-0.39, 0.29) is 10.9 Å². The first-order chi connectivity index (χ1) is 12.9. The Labute approximate surface area is 158 Å². The highest BCUT2D eigenvalue weighted by Crippen LogP contribution is 2.33.